The van der Waals surface area contributed by atoms with E-state index < -0.39 is 22.8 Å². The van der Waals surface area contributed by atoms with Gasteiger partial charge in [0.05, 0.1) is 4.92 Å². The zero-order valence-corrected chi connectivity index (χ0v) is 16.4. The molecule has 0 bridgehead atoms. The Hall–Kier alpha value is -2.68. The van der Waals surface area contributed by atoms with E-state index in [2.05, 4.69) is 10.6 Å². The van der Waals surface area contributed by atoms with Crippen LogP contribution in [0.3, 0.4) is 0 Å². The smallest absolute Gasteiger partial charge is 0.325 e. The first-order chi connectivity index (χ1) is 12.5. The summed E-state index contributed by atoms with van der Waals surface area (Å²) in [6, 6.07) is 3.60. The fourth-order valence-electron chi connectivity index (χ4n) is 2.54. The van der Waals surface area contributed by atoms with Gasteiger partial charge in [0.1, 0.15) is 11.6 Å². The second-order valence-corrected chi connectivity index (χ2v) is 6.89. The van der Waals surface area contributed by atoms with Gasteiger partial charge in [-0.25, -0.2) is 0 Å². The average molecular weight is 380 g/mol. The summed E-state index contributed by atoms with van der Waals surface area (Å²) in [5, 5.41) is 25.8. The van der Waals surface area contributed by atoms with Gasteiger partial charge in [-0.3, -0.25) is 19.7 Å². The van der Waals surface area contributed by atoms with Gasteiger partial charge in [-0.2, -0.15) is 0 Å². The number of benzene rings is 1. The number of amides is 1. The highest BCUT2D eigenvalue weighted by Gasteiger charge is 2.25. The number of aliphatic carboxylic acids is 1. The lowest BCUT2D eigenvalue weighted by molar-refractivity contribution is -0.385. The number of nitro benzene ring substituents is 1. The van der Waals surface area contributed by atoms with Crippen LogP contribution in [-0.2, 0) is 4.79 Å². The number of hydrogen-bond donors (Lipinski definition) is 3. The van der Waals surface area contributed by atoms with Gasteiger partial charge in [-0.1, -0.05) is 13.8 Å². The molecular formula is C18H28N4O5. The lowest BCUT2D eigenvalue weighted by atomic mass is 10.1. The molecule has 0 aliphatic heterocycles. The molecule has 0 saturated carbocycles. The van der Waals surface area contributed by atoms with Gasteiger partial charge in [0, 0.05) is 36.9 Å². The van der Waals surface area contributed by atoms with Crippen LogP contribution in [-0.4, -0.2) is 53.1 Å². The number of carboxylic acid groups (broad SMARTS) is 1. The third-order valence-electron chi connectivity index (χ3n) is 4.00. The number of carboxylic acids is 1. The molecule has 1 unspecified atom stereocenters. The van der Waals surface area contributed by atoms with Crippen LogP contribution in [0.5, 0.6) is 0 Å². The quantitative estimate of drug-likeness (QED) is 0.419. The van der Waals surface area contributed by atoms with Crippen molar-refractivity contribution >= 4 is 23.3 Å². The number of hydrogen-bond acceptors (Lipinski definition) is 6. The van der Waals surface area contributed by atoms with Crippen molar-refractivity contribution in [2.45, 2.75) is 52.7 Å². The Labute approximate surface area is 158 Å². The maximum absolute atomic E-state index is 12.4. The van der Waals surface area contributed by atoms with Gasteiger partial charge >= 0.3 is 5.97 Å². The second kappa shape index (κ2) is 9.86. The van der Waals surface area contributed by atoms with E-state index in [0.717, 1.165) is 0 Å². The van der Waals surface area contributed by atoms with Crippen molar-refractivity contribution in [2.75, 3.05) is 18.0 Å². The Bertz CT molecular complexity index is 690. The molecule has 27 heavy (non-hydrogen) atoms. The molecule has 1 rings (SSSR count). The topological polar surface area (TPSA) is 125 Å². The molecule has 0 fully saturated rings. The molecule has 3 N–H and O–H groups in total. The number of nitro groups is 1. The molecule has 0 aromatic heterocycles. The molecular weight excluding hydrogens is 352 g/mol. The monoisotopic (exact) mass is 380 g/mol. The van der Waals surface area contributed by atoms with E-state index >= 15 is 0 Å². The van der Waals surface area contributed by atoms with Crippen molar-refractivity contribution in [3.05, 3.63) is 33.9 Å². The van der Waals surface area contributed by atoms with E-state index in [1.165, 1.54) is 19.1 Å². The molecule has 1 amide bonds. The lowest BCUT2D eigenvalue weighted by Crippen LogP contribution is -2.40. The third kappa shape index (κ3) is 6.52. The highest BCUT2D eigenvalue weighted by molar-refractivity contribution is 6.00. The van der Waals surface area contributed by atoms with Crippen LogP contribution < -0.4 is 15.5 Å². The van der Waals surface area contributed by atoms with Gasteiger partial charge in [-0.05, 0) is 32.9 Å². The minimum atomic E-state index is -1.22. The van der Waals surface area contributed by atoms with Crippen LogP contribution >= 0.6 is 0 Å². The van der Waals surface area contributed by atoms with Crippen molar-refractivity contribution < 1.29 is 19.6 Å². The van der Waals surface area contributed by atoms with E-state index in [0.29, 0.717) is 24.8 Å². The van der Waals surface area contributed by atoms with Crippen LogP contribution in [0.2, 0.25) is 0 Å². The summed E-state index contributed by atoms with van der Waals surface area (Å²) in [5.41, 5.74) is 0.139. The molecule has 0 aliphatic rings. The zero-order valence-electron chi connectivity index (χ0n) is 16.4. The minimum Gasteiger partial charge on any atom is -0.480 e. The molecule has 0 spiro atoms. The first kappa shape index (κ1) is 22.4. The fraction of sp³-hybridized carbons (Fsp3) is 0.556. The molecule has 0 aliphatic carbocycles. The lowest BCUT2D eigenvalue weighted by Gasteiger charge is -2.30. The first-order valence-electron chi connectivity index (χ1n) is 8.86. The van der Waals surface area contributed by atoms with Crippen LogP contribution in [0, 0.1) is 10.1 Å². The molecule has 9 heteroatoms. The van der Waals surface area contributed by atoms with Crippen LogP contribution in [0.4, 0.5) is 11.4 Å². The zero-order chi connectivity index (χ0) is 20.7. The fourth-order valence-corrected chi connectivity index (χ4v) is 2.54. The molecule has 1 atom stereocenters. The predicted octanol–water partition coefficient (Wildman–Crippen LogP) is 2.01. The average Bonchev–Trinajstić information content (AvgIpc) is 2.57. The maximum Gasteiger partial charge on any atom is 0.325 e. The Morgan fingerprint density at radius 1 is 1.22 bits per heavy atom. The van der Waals surface area contributed by atoms with Crippen molar-refractivity contribution in [3.8, 4) is 0 Å². The SMILES string of the molecule is CC(C)NCCN(c1ccc([N+](=O)[O-])c(C(=O)NC(C)C(=O)O)c1)C(C)C. The highest BCUT2D eigenvalue weighted by atomic mass is 16.6. The van der Waals surface area contributed by atoms with Gasteiger partial charge in [0.15, 0.2) is 0 Å². The van der Waals surface area contributed by atoms with E-state index in [4.69, 9.17) is 5.11 Å². The van der Waals surface area contributed by atoms with E-state index in [9.17, 15) is 19.7 Å². The van der Waals surface area contributed by atoms with E-state index in [1.807, 2.05) is 32.6 Å². The van der Waals surface area contributed by atoms with E-state index in [-0.39, 0.29) is 17.3 Å². The highest BCUT2D eigenvalue weighted by Crippen LogP contribution is 2.26. The summed E-state index contributed by atoms with van der Waals surface area (Å²) >= 11 is 0. The molecule has 1 aromatic rings. The summed E-state index contributed by atoms with van der Waals surface area (Å²) in [7, 11) is 0. The summed E-state index contributed by atoms with van der Waals surface area (Å²) in [5.74, 6) is -2.01. The van der Waals surface area contributed by atoms with Crippen LogP contribution in [0.15, 0.2) is 18.2 Å². The van der Waals surface area contributed by atoms with Crippen molar-refractivity contribution in [1.82, 2.24) is 10.6 Å². The molecule has 150 valence electrons. The maximum atomic E-state index is 12.4. The van der Waals surface area contributed by atoms with Crippen molar-refractivity contribution in [1.29, 1.82) is 0 Å². The normalized spacial score (nSPS) is 12.1. The Morgan fingerprint density at radius 2 is 1.85 bits per heavy atom. The predicted molar refractivity (Wildman–Crippen MR) is 103 cm³/mol. The van der Waals surface area contributed by atoms with Gasteiger partial charge in [-0.15, -0.1) is 0 Å². The molecule has 1 aromatic carbocycles. The van der Waals surface area contributed by atoms with Gasteiger partial charge in [0.25, 0.3) is 11.6 Å². The Balaban J connectivity index is 3.19. The summed E-state index contributed by atoms with van der Waals surface area (Å²) in [6.45, 7) is 10.7. The minimum absolute atomic E-state index is 0.106. The van der Waals surface area contributed by atoms with Gasteiger partial charge in [0.2, 0.25) is 0 Å². The molecule has 0 saturated heterocycles. The molecule has 9 nitrogen and oxygen atoms in total. The number of anilines is 1. The number of nitrogens with one attached hydrogen (secondary N) is 2. The van der Waals surface area contributed by atoms with Crippen LogP contribution in [0.25, 0.3) is 0 Å². The Morgan fingerprint density at radius 3 is 2.33 bits per heavy atom. The van der Waals surface area contributed by atoms with Crippen molar-refractivity contribution in [2.24, 2.45) is 0 Å². The van der Waals surface area contributed by atoms with Crippen molar-refractivity contribution in [3.63, 3.8) is 0 Å². The Kier molecular flexibility index (Phi) is 8.17. The largest absolute Gasteiger partial charge is 0.480 e. The first-order valence-corrected chi connectivity index (χ1v) is 8.86. The molecule has 0 radical (unpaired) electrons. The summed E-state index contributed by atoms with van der Waals surface area (Å²) < 4.78 is 0. The second-order valence-electron chi connectivity index (χ2n) is 6.89. The summed E-state index contributed by atoms with van der Waals surface area (Å²) in [4.78, 5) is 36.1. The summed E-state index contributed by atoms with van der Waals surface area (Å²) in [6.07, 6.45) is 0. The van der Waals surface area contributed by atoms with E-state index in [1.54, 1.807) is 6.07 Å². The standard InChI is InChI=1S/C18H28N4O5/c1-11(2)19-8-9-21(12(3)4)14-6-7-16(22(26)27)15(10-14)17(23)20-13(5)18(24)25/h6-7,10-13,19H,8-9H2,1-5H3,(H,20,23)(H,24,25). The number of nitrogens with zero attached hydrogens (tertiary/aromatic N) is 2. The number of rotatable bonds is 10. The third-order valence-corrected chi connectivity index (χ3v) is 4.00. The number of carbonyl (C=O) groups is 2. The van der Waals surface area contributed by atoms with Crippen LogP contribution in [0.1, 0.15) is 45.0 Å². The van der Waals surface area contributed by atoms with Gasteiger partial charge < -0.3 is 20.6 Å². The number of carbonyl (C=O) groups excluding carboxylic acids is 1. The molecule has 0 heterocycles.